The Hall–Kier alpha value is -3.13. The highest BCUT2D eigenvalue weighted by Crippen LogP contribution is 2.27. The van der Waals surface area contributed by atoms with Gasteiger partial charge < -0.3 is 15.5 Å². The van der Waals surface area contributed by atoms with Crippen molar-refractivity contribution in [3.05, 3.63) is 66.4 Å². The molecule has 8 heteroatoms. The lowest BCUT2D eigenvalue weighted by molar-refractivity contribution is -0.116. The minimum absolute atomic E-state index is 0.134. The molecule has 2 aromatic carbocycles. The molecule has 28 heavy (non-hydrogen) atoms. The van der Waals surface area contributed by atoms with Crippen molar-refractivity contribution in [1.82, 2.24) is 4.98 Å². The summed E-state index contributed by atoms with van der Waals surface area (Å²) in [5.74, 6) is 0.125. The van der Waals surface area contributed by atoms with Crippen LogP contribution < -0.4 is 11.1 Å². The normalized spacial score (nSPS) is 10.6. The average Bonchev–Trinajstić information content (AvgIpc) is 3.15. The summed E-state index contributed by atoms with van der Waals surface area (Å²) in [6.45, 7) is 0. The number of thioether (sulfide) groups is 1. The number of nitrogens with one attached hydrogen (secondary N) is 1. The largest absolute Gasteiger partial charge is 0.441 e. The van der Waals surface area contributed by atoms with Gasteiger partial charge in [0.1, 0.15) is 5.82 Å². The van der Waals surface area contributed by atoms with Gasteiger partial charge in [-0.15, -0.1) is 11.8 Å². The maximum atomic E-state index is 13.0. The fourth-order valence-electron chi connectivity index (χ4n) is 2.45. The van der Waals surface area contributed by atoms with Crippen LogP contribution in [0.1, 0.15) is 12.3 Å². The van der Waals surface area contributed by atoms with E-state index in [0.717, 1.165) is 4.90 Å². The standard InChI is InChI=1S/C20H18FN3O3S/c21-14-7-5-13(6-8-14)16-11-23-20(27-16)10-9-19(26)24-15-3-1-2-4-17(15)28-12-18(22)25/h1-8,11H,9-10,12H2,(H2,22,25)(H,24,26). The van der Waals surface area contributed by atoms with E-state index in [1.54, 1.807) is 30.5 Å². The molecule has 144 valence electrons. The van der Waals surface area contributed by atoms with Crippen molar-refractivity contribution in [2.45, 2.75) is 17.7 Å². The molecule has 2 amide bonds. The van der Waals surface area contributed by atoms with Crippen molar-refractivity contribution in [2.75, 3.05) is 11.1 Å². The van der Waals surface area contributed by atoms with Crippen LogP contribution in [-0.4, -0.2) is 22.6 Å². The van der Waals surface area contributed by atoms with Gasteiger partial charge in [-0.2, -0.15) is 0 Å². The molecule has 0 bridgehead atoms. The Kier molecular flexibility index (Phi) is 6.44. The Morgan fingerprint density at radius 1 is 1.14 bits per heavy atom. The van der Waals surface area contributed by atoms with E-state index in [0.29, 0.717) is 29.3 Å². The Balaban J connectivity index is 1.57. The van der Waals surface area contributed by atoms with Crippen molar-refractivity contribution in [1.29, 1.82) is 0 Å². The monoisotopic (exact) mass is 399 g/mol. The Morgan fingerprint density at radius 3 is 2.64 bits per heavy atom. The number of aromatic nitrogens is 1. The van der Waals surface area contributed by atoms with Gasteiger partial charge in [0.2, 0.25) is 11.8 Å². The highest BCUT2D eigenvalue weighted by molar-refractivity contribution is 8.00. The van der Waals surface area contributed by atoms with Crippen LogP contribution in [0.4, 0.5) is 10.1 Å². The van der Waals surface area contributed by atoms with Crippen molar-refractivity contribution >= 4 is 29.3 Å². The minimum Gasteiger partial charge on any atom is -0.441 e. The van der Waals surface area contributed by atoms with Gasteiger partial charge in [0.05, 0.1) is 17.6 Å². The van der Waals surface area contributed by atoms with Crippen molar-refractivity contribution < 1.29 is 18.4 Å². The van der Waals surface area contributed by atoms with Gasteiger partial charge in [0, 0.05) is 23.3 Å². The first kappa shape index (κ1) is 19.6. The first-order valence-electron chi connectivity index (χ1n) is 8.52. The summed E-state index contributed by atoms with van der Waals surface area (Å²) in [4.78, 5) is 28.2. The molecule has 0 radical (unpaired) electrons. The highest BCUT2D eigenvalue weighted by Gasteiger charge is 2.11. The van der Waals surface area contributed by atoms with E-state index < -0.39 is 5.91 Å². The number of rotatable bonds is 8. The zero-order valence-corrected chi connectivity index (χ0v) is 15.7. The van der Waals surface area contributed by atoms with Crippen molar-refractivity contribution in [3.63, 3.8) is 0 Å². The molecule has 1 aromatic heterocycles. The number of oxazole rings is 1. The Morgan fingerprint density at radius 2 is 1.89 bits per heavy atom. The third-order valence-electron chi connectivity index (χ3n) is 3.78. The number of nitrogens with zero attached hydrogens (tertiary/aromatic N) is 1. The fraction of sp³-hybridized carbons (Fsp3) is 0.150. The number of primary amides is 1. The average molecular weight is 399 g/mol. The number of nitrogens with two attached hydrogens (primary N) is 1. The molecule has 3 N–H and O–H groups in total. The molecule has 0 aliphatic carbocycles. The number of benzene rings is 2. The lowest BCUT2D eigenvalue weighted by Gasteiger charge is -2.09. The molecule has 0 saturated carbocycles. The molecule has 3 rings (SSSR count). The summed E-state index contributed by atoms with van der Waals surface area (Å²) in [7, 11) is 0. The number of hydrogen-bond donors (Lipinski definition) is 2. The molecule has 0 aliphatic heterocycles. The second kappa shape index (κ2) is 9.18. The molecular formula is C20H18FN3O3S. The summed E-state index contributed by atoms with van der Waals surface area (Å²) < 4.78 is 18.6. The lowest BCUT2D eigenvalue weighted by atomic mass is 10.2. The van der Waals surface area contributed by atoms with E-state index in [4.69, 9.17) is 10.2 Å². The summed E-state index contributed by atoms with van der Waals surface area (Å²) in [6, 6.07) is 13.1. The SMILES string of the molecule is NC(=O)CSc1ccccc1NC(=O)CCc1ncc(-c2ccc(F)cc2)o1. The summed E-state index contributed by atoms with van der Waals surface area (Å²) in [6.07, 6.45) is 2.05. The van der Waals surface area contributed by atoms with Crippen LogP contribution >= 0.6 is 11.8 Å². The van der Waals surface area contributed by atoms with Gasteiger partial charge in [-0.3, -0.25) is 9.59 Å². The molecule has 0 spiro atoms. The summed E-state index contributed by atoms with van der Waals surface area (Å²) in [5.41, 5.74) is 6.51. The van der Waals surface area contributed by atoms with Crippen LogP contribution in [0.2, 0.25) is 0 Å². The maximum Gasteiger partial charge on any atom is 0.227 e. The number of carbonyl (C=O) groups is 2. The summed E-state index contributed by atoms with van der Waals surface area (Å²) in [5, 5.41) is 2.83. The molecular weight excluding hydrogens is 381 g/mol. The van der Waals surface area contributed by atoms with Crippen molar-refractivity contribution in [2.24, 2.45) is 5.73 Å². The third-order valence-corrected chi connectivity index (χ3v) is 4.88. The van der Waals surface area contributed by atoms with Crippen LogP contribution in [-0.2, 0) is 16.0 Å². The number of aryl methyl sites for hydroxylation is 1. The van der Waals surface area contributed by atoms with Gasteiger partial charge in [0.25, 0.3) is 0 Å². The Bertz CT molecular complexity index is 973. The zero-order valence-electron chi connectivity index (χ0n) is 14.9. The number of carbonyl (C=O) groups excluding carboxylic acids is 2. The number of amides is 2. The molecule has 0 atom stereocenters. The van der Waals surface area contributed by atoms with Gasteiger partial charge in [-0.05, 0) is 36.4 Å². The third kappa shape index (κ3) is 5.43. The van der Waals surface area contributed by atoms with Crippen LogP contribution in [0.5, 0.6) is 0 Å². The van der Waals surface area contributed by atoms with Crippen LogP contribution in [0, 0.1) is 5.82 Å². The van der Waals surface area contributed by atoms with Gasteiger partial charge in [-0.25, -0.2) is 9.37 Å². The van der Waals surface area contributed by atoms with E-state index in [1.807, 2.05) is 12.1 Å². The predicted octanol–water partition coefficient (Wildman–Crippen LogP) is 3.63. The molecule has 0 fully saturated rings. The molecule has 3 aromatic rings. The van der Waals surface area contributed by atoms with E-state index >= 15 is 0 Å². The van der Waals surface area contributed by atoms with Gasteiger partial charge >= 0.3 is 0 Å². The molecule has 0 saturated heterocycles. The smallest absolute Gasteiger partial charge is 0.227 e. The van der Waals surface area contributed by atoms with Gasteiger partial charge in [0.15, 0.2) is 11.7 Å². The quantitative estimate of drug-likeness (QED) is 0.564. The topological polar surface area (TPSA) is 98.2 Å². The lowest BCUT2D eigenvalue weighted by Crippen LogP contribution is -2.15. The predicted molar refractivity (Wildman–Crippen MR) is 105 cm³/mol. The molecule has 0 aliphatic rings. The van der Waals surface area contributed by atoms with E-state index in [9.17, 15) is 14.0 Å². The van der Waals surface area contributed by atoms with E-state index in [2.05, 4.69) is 10.3 Å². The number of para-hydroxylation sites is 1. The minimum atomic E-state index is -0.424. The number of halogens is 1. The first-order valence-corrected chi connectivity index (χ1v) is 9.50. The van der Waals surface area contributed by atoms with Crippen LogP contribution in [0.25, 0.3) is 11.3 Å². The highest BCUT2D eigenvalue weighted by atomic mass is 32.2. The second-order valence-corrected chi connectivity index (χ2v) is 6.94. The summed E-state index contributed by atoms with van der Waals surface area (Å²) >= 11 is 1.27. The molecule has 1 heterocycles. The molecule has 6 nitrogen and oxygen atoms in total. The number of hydrogen-bond acceptors (Lipinski definition) is 5. The van der Waals surface area contributed by atoms with Crippen molar-refractivity contribution in [3.8, 4) is 11.3 Å². The van der Waals surface area contributed by atoms with E-state index in [1.165, 1.54) is 23.9 Å². The zero-order chi connectivity index (χ0) is 19.9. The fourth-order valence-corrected chi connectivity index (χ4v) is 3.20. The first-order chi connectivity index (χ1) is 13.5. The van der Waals surface area contributed by atoms with Gasteiger partial charge in [-0.1, -0.05) is 12.1 Å². The van der Waals surface area contributed by atoms with Crippen LogP contribution in [0.3, 0.4) is 0 Å². The van der Waals surface area contributed by atoms with Crippen LogP contribution in [0.15, 0.2) is 64.0 Å². The maximum absolute atomic E-state index is 13.0. The Labute approximate surface area is 165 Å². The molecule has 0 unspecified atom stereocenters. The number of anilines is 1. The second-order valence-electron chi connectivity index (χ2n) is 5.92. The van der Waals surface area contributed by atoms with E-state index in [-0.39, 0.29) is 23.9 Å².